The van der Waals surface area contributed by atoms with E-state index in [0.717, 1.165) is 10.5 Å². The van der Waals surface area contributed by atoms with Crippen molar-refractivity contribution in [3.8, 4) is 0 Å². The molecule has 1 aromatic carbocycles. The van der Waals surface area contributed by atoms with E-state index in [4.69, 9.17) is 10.2 Å². The second-order valence-corrected chi connectivity index (χ2v) is 3.58. The first-order valence-corrected chi connectivity index (χ1v) is 5.23. The summed E-state index contributed by atoms with van der Waals surface area (Å²) in [5, 5.41) is 0. The predicted octanol–water partition coefficient (Wildman–Crippen LogP) is 1.99. The average molecular weight is 237 g/mol. The van der Waals surface area contributed by atoms with Crippen molar-refractivity contribution in [1.29, 1.82) is 0 Å². The standard InChI is InChI=1S/C13H15NO3/c15-12-6-8-14(9-7-12)13(16)17-10-11-4-2-1-3-5-11/h1-5H,6-10H2/i6D2,7D2. The van der Waals surface area contributed by atoms with E-state index in [2.05, 4.69) is 0 Å². The van der Waals surface area contributed by atoms with Crippen molar-refractivity contribution in [2.24, 2.45) is 0 Å². The molecule has 1 aliphatic rings. The van der Waals surface area contributed by atoms with Gasteiger partial charge in [0.25, 0.3) is 0 Å². The molecule has 0 aromatic heterocycles. The number of benzene rings is 1. The van der Waals surface area contributed by atoms with Crippen LogP contribution in [0.3, 0.4) is 0 Å². The van der Waals surface area contributed by atoms with E-state index in [1.807, 2.05) is 6.07 Å². The van der Waals surface area contributed by atoms with Gasteiger partial charge in [0.05, 0.1) is 0 Å². The van der Waals surface area contributed by atoms with Gasteiger partial charge in [0.1, 0.15) is 12.4 Å². The van der Waals surface area contributed by atoms with Crippen molar-refractivity contribution in [3.05, 3.63) is 35.9 Å². The Balaban J connectivity index is 2.01. The van der Waals surface area contributed by atoms with Gasteiger partial charge in [-0.3, -0.25) is 4.79 Å². The third kappa shape index (κ3) is 3.31. The molecule has 90 valence electrons. The third-order valence-electron chi connectivity index (χ3n) is 2.32. The second-order valence-electron chi connectivity index (χ2n) is 3.58. The van der Waals surface area contributed by atoms with Gasteiger partial charge < -0.3 is 9.64 Å². The molecular formula is C13H15NO3. The van der Waals surface area contributed by atoms with Crippen LogP contribution in [0.2, 0.25) is 0 Å². The molecule has 0 spiro atoms. The molecule has 1 fully saturated rings. The number of nitrogens with zero attached hydrogens (tertiary/aromatic N) is 1. The van der Waals surface area contributed by atoms with Crippen LogP contribution >= 0.6 is 0 Å². The molecule has 0 N–H and O–H groups in total. The van der Waals surface area contributed by atoms with Gasteiger partial charge in [-0.1, -0.05) is 30.3 Å². The number of amides is 1. The van der Waals surface area contributed by atoms with Crippen LogP contribution in [-0.4, -0.2) is 29.9 Å². The quantitative estimate of drug-likeness (QED) is 0.790. The maximum Gasteiger partial charge on any atom is 0.410 e. The number of rotatable bonds is 2. The Hall–Kier alpha value is -1.84. The fraction of sp³-hybridized carbons (Fsp3) is 0.385. The summed E-state index contributed by atoms with van der Waals surface area (Å²) >= 11 is 0. The largest absolute Gasteiger partial charge is 0.445 e. The monoisotopic (exact) mass is 237 g/mol. The Bertz CT molecular complexity index is 528. The Kier molecular flexibility index (Phi) is 2.41. The number of piperidine rings is 1. The lowest BCUT2D eigenvalue weighted by Gasteiger charge is -2.25. The summed E-state index contributed by atoms with van der Waals surface area (Å²) in [7, 11) is 0. The van der Waals surface area contributed by atoms with Crippen LogP contribution in [0.1, 0.15) is 23.8 Å². The zero-order chi connectivity index (χ0) is 15.7. The third-order valence-corrected chi connectivity index (χ3v) is 2.32. The van der Waals surface area contributed by atoms with Crippen molar-refractivity contribution in [2.45, 2.75) is 19.4 Å². The number of carbonyl (C=O) groups is 2. The van der Waals surface area contributed by atoms with Gasteiger partial charge in [-0.15, -0.1) is 0 Å². The lowest BCUT2D eigenvalue weighted by Crippen LogP contribution is -2.38. The van der Waals surface area contributed by atoms with E-state index >= 15 is 0 Å². The summed E-state index contributed by atoms with van der Waals surface area (Å²) in [6.07, 6.45) is -5.65. The van der Waals surface area contributed by atoms with Crippen LogP contribution in [0.4, 0.5) is 4.79 Å². The Morgan fingerprint density at radius 1 is 1.29 bits per heavy atom. The summed E-state index contributed by atoms with van der Waals surface area (Å²) in [4.78, 5) is 24.4. The number of ether oxygens (including phenoxy) is 1. The predicted molar refractivity (Wildman–Crippen MR) is 62.4 cm³/mol. The van der Waals surface area contributed by atoms with Gasteiger partial charge in [0, 0.05) is 31.3 Å². The van der Waals surface area contributed by atoms with E-state index in [-0.39, 0.29) is 6.61 Å². The number of carbonyl (C=O) groups excluding carboxylic acids is 2. The summed E-state index contributed by atoms with van der Waals surface area (Å²) in [5.41, 5.74) is 0.768. The Morgan fingerprint density at radius 3 is 2.59 bits per heavy atom. The van der Waals surface area contributed by atoms with E-state index in [1.165, 1.54) is 0 Å². The van der Waals surface area contributed by atoms with E-state index in [9.17, 15) is 9.59 Å². The Morgan fingerprint density at radius 2 is 1.94 bits per heavy atom. The van der Waals surface area contributed by atoms with Crippen molar-refractivity contribution in [1.82, 2.24) is 4.90 Å². The second kappa shape index (κ2) is 5.48. The molecule has 0 aliphatic carbocycles. The molecular weight excluding hydrogens is 218 g/mol. The minimum absolute atomic E-state index is 0.0100. The van der Waals surface area contributed by atoms with Gasteiger partial charge in [-0.2, -0.15) is 0 Å². The molecule has 0 unspecified atom stereocenters. The molecule has 1 aliphatic heterocycles. The van der Waals surface area contributed by atoms with Gasteiger partial charge in [-0.25, -0.2) is 4.79 Å². The van der Waals surface area contributed by atoms with Crippen molar-refractivity contribution < 1.29 is 19.8 Å². The molecule has 4 heteroatoms. The van der Waals surface area contributed by atoms with Crippen LogP contribution in [0.25, 0.3) is 0 Å². The maximum absolute atomic E-state index is 11.9. The van der Waals surface area contributed by atoms with Crippen LogP contribution in [0.15, 0.2) is 30.3 Å². The van der Waals surface area contributed by atoms with Crippen LogP contribution in [0, 0.1) is 0 Å². The first kappa shape index (κ1) is 7.48. The summed E-state index contributed by atoms with van der Waals surface area (Å²) in [5.74, 6) is -1.14. The number of hydrogen-bond donors (Lipinski definition) is 0. The molecule has 1 saturated heterocycles. The zero-order valence-corrected chi connectivity index (χ0v) is 9.18. The van der Waals surface area contributed by atoms with E-state index in [1.54, 1.807) is 24.3 Å². The van der Waals surface area contributed by atoms with Crippen LogP contribution in [0.5, 0.6) is 0 Å². The van der Waals surface area contributed by atoms with Gasteiger partial charge >= 0.3 is 6.09 Å². The minimum atomic E-state index is -2.41. The zero-order valence-electron chi connectivity index (χ0n) is 13.2. The molecule has 0 atom stereocenters. The van der Waals surface area contributed by atoms with E-state index in [0.29, 0.717) is 0 Å². The summed E-state index contributed by atoms with van der Waals surface area (Å²) < 4.78 is 35.2. The Labute approximate surface area is 106 Å². The number of Topliss-reactive ketones (excluding diaryl/α,β-unsaturated/α-hetero) is 1. The normalized spacial score (nSPS) is 25.2. The van der Waals surface area contributed by atoms with Crippen molar-refractivity contribution >= 4 is 11.9 Å². The minimum Gasteiger partial charge on any atom is -0.445 e. The summed E-state index contributed by atoms with van der Waals surface area (Å²) in [6.45, 7) is -0.992. The molecule has 0 bridgehead atoms. The fourth-order valence-electron chi connectivity index (χ4n) is 1.39. The van der Waals surface area contributed by atoms with Crippen LogP contribution in [-0.2, 0) is 16.1 Å². The molecule has 1 heterocycles. The average Bonchev–Trinajstić information content (AvgIpc) is 2.42. The SMILES string of the molecule is [2H]C1([2H])CN(C(=O)OCc2ccccc2)CC([2H])([2H])C1=O. The van der Waals surface area contributed by atoms with Gasteiger partial charge in [0.2, 0.25) is 0 Å². The molecule has 1 amide bonds. The topological polar surface area (TPSA) is 46.6 Å². The molecule has 4 nitrogen and oxygen atoms in total. The number of ketones is 1. The highest BCUT2D eigenvalue weighted by molar-refractivity contribution is 5.81. The number of hydrogen-bond acceptors (Lipinski definition) is 3. The summed E-state index contributed by atoms with van der Waals surface area (Å²) in [6, 6.07) is 8.95. The first-order valence-electron chi connectivity index (χ1n) is 7.23. The van der Waals surface area contributed by atoms with Crippen molar-refractivity contribution in [3.63, 3.8) is 0 Å². The van der Waals surface area contributed by atoms with Crippen molar-refractivity contribution in [2.75, 3.05) is 13.1 Å². The molecule has 0 radical (unpaired) electrons. The van der Waals surface area contributed by atoms with E-state index < -0.39 is 37.7 Å². The molecule has 1 aromatic rings. The molecule has 0 saturated carbocycles. The smallest absolute Gasteiger partial charge is 0.410 e. The highest BCUT2D eigenvalue weighted by atomic mass is 16.6. The lowest BCUT2D eigenvalue weighted by atomic mass is 10.1. The highest BCUT2D eigenvalue weighted by Crippen LogP contribution is 2.09. The van der Waals surface area contributed by atoms with Gasteiger partial charge in [0.15, 0.2) is 0 Å². The molecule has 17 heavy (non-hydrogen) atoms. The lowest BCUT2D eigenvalue weighted by molar-refractivity contribution is -0.121. The van der Waals surface area contributed by atoms with Gasteiger partial charge in [-0.05, 0) is 5.56 Å². The first-order chi connectivity index (χ1) is 9.72. The van der Waals surface area contributed by atoms with Crippen LogP contribution < -0.4 is 0 Å². The molecule has 2 rings (SSSR count). The maximum atomic E-state index is 11.9. The number of likely N-dealkylation sites (tertiary alicyclic amines) is 1. The highest BCUT2D eigenvalue weighted by Gasteiger charge is 2.21. The fourth-order valence-corrected chi connectivity index (χ4v) is 1.39.